The van der Waals surface area contributed by atoms with Crippen molar-refractivity contribution in [1.82, 2.24) is 14.5 Å². The van der Waals surface area contributed by atoms with Gasteiger partial charge in [0.1, 0.15) is 11.6 Å². The highest BCUT2D eigenvalue weighted by molar-refractivity contribution is 7.89. The number of hydrogen-bond donors (Lipinski definition) is 1. The topological polar surface area (TPSA) is 86.8 Å². The second kappa shape index (κ2) is 10.6. The molecule has 1 fully saturated rings. The number of carbonyl (C=O) groups is 2. The van der Waals surface area contributed by atoms with Gasteiger partial charge in [-0.15, -0.1) is 0 Å². The molecule has 7 nitrogen and oxygen atoms in total. The van der Waals surface area contributed by atoms with E-state index in [9.17, 15) is 26.8 Å². The van der Waals surface area contributed by atoms with Crippen LogP contribution in [0.3, 0.4) is 0 Å². The fraction of sp³-hybridized carbons (Fsp3) is 0.364. The Morgan fingerprint density at radius 2 is 1.67 bits per heavy atom. The Bertz CT molecular complexity index is 1120. The summed E-state index contributed by atoms with van der Waals surface area (Å²) in [5.41, 5.74) is 0.147. The number of carbonyl (C=O) groups excluding carboxylic acids is 2. The molecule has 178 valence electrons. The first kappa shape index (κ1) is 25.1. The van der Waals surface area contributed by atoms with Gasteiger partial charge in [0, 0.05) is 55.7 Å². The van der Waals surface area contributed by atoms with Gasteiger partial charge in [-0.2, -0.15) is 4.31 Å². The number of nitrogens with one attached hydrogen (secondary N) is 1. The van der Waals surface area contributed by atoms with Crippen LogP contribution in [0.1, 0.15) is 31.4 Å². The smallest absolute Gasteiger partial charge is 0.243 e. The molecule has 2 amide bonds. The van der Waals surface area contributed by atoms with E-state index in [1.807, 2.05) is 0 Å². The molecule has 0 bridgehead atoms. The minimum absolute atomic E-state index is 0.0611. The second-order valence-corrected chi connectivity index (χ2v) is 10.1. The van der Waals surface area contributed by atoms with Gasteiger partial charge in [0.15, 0.2) is 0 Å². The summed E-state index contributed by atoms with van der Waals surface area (Å²) in [7, 11) is -3.68. The van der Waals surface area contributed by atoms with Crippen LogP contribution in [0.5, 0.6) is 0 Å². The van der Waals surface area contributed by atoms with Crippen LogP contribution >= 0.6 is 11.6 Å². The van der Waals surface area contributed by atoms with E-state index in [-0.39, 0.29) is 55.4 Å². The standard InChI is InChI=1S/C22H24ClF2N3O4S/c1-15(19-7-4-17(24)14-20(19)25)26-21(29)8-9-22(30)27-10-12-28(13-11-27)33(31,32)18-5-2-16(23)3-6-18/h2-7,14-15H,8-13H2,1H3,(H,26,29). The first-order chi connectivity index (χ1) is 15.6. The molecule has 11 heteroatoms. The number of hydrogen-bond acceptors (Lipinski definition) is 4. The monoisotopic (exact) mass is 499 g/mol. The lowest BCUT2D eigenvalue weighted by Crippen LogP contribution is -2.50. The van der Waals surface area contributed by atoms with Gasteiger partial charge in [0.25, 0.3) is 0 Å². The number of amides is 2. The number of halogens is 3. The molecule has 1 unspecified atom stereocenters. The van der Waals surface area contributed by atoms with Gasteiger partial charge in [-0.1, -0.05) is 17.7 Å². The lowest BCUT2D eigenvalue weighted by Gasteiger charge is -2.34. The summed E-state index contributed by atoms with van der Waals surface area (Å²) in [6.45, 7) is 2.28. The van der Waals surface area contributed by atoms with Gasteiger partial charge < -0.3 is 10.2 Å². The molecule has 33 heavy (non-hydrogen) atoms. The van der Waals surface area contributed by atoms with Crippen molar-refractivity contribution < 1.29 is 26.8 Å². The third kappa shape index (κ3) is 6.27. The Labute approximate surface area is 196 Å². The molecular weight excluding hydrogens is 476 g/mol. The summed E-state index contributed by atoms with van der Waals surface area (Å²) in [6, 6.07) is 8.31. The van der Waals surface area contributed by atoms with E-state index in [0.29, 0.717) is 5.02 Å². The summed E-state index contributed by atoms with van der Waals surface area (Å²) < 4.78 is 53.7. The van der Waals surface area contributed by atoms with E-state index in [2.05, 4.69) is 5.32 Å². The molecule has 0 aliphatic carbocycles. The lowest BCUT2D eigenvalue weighted by atomic mass is 10.1. The highest BCUT2D eigenvalue weighted by atomic mass is 35.5. The molecule has 0 saturated carbocycles. The van der Waals surface area contributed by atoms with Gasteiger partial charge in [0.05, 0.1) is 10.9 Å². The second-order valence-electron chi connectivity index (χ2n) is 7.69. The van der Waals surface area contributed by atoms with E-state index in [1.165, 1.54) is 39.5 Å². The summed E-state index contributed by atoms with van der Waals surface area (Å²) >= 11 is 5.81. The van der Waals surface area contributed by atoms with Crippen molar-refractivity contribution in [2.75, 3.05) is 26.2 Å². The van der Waals surface area contributed by atoms with Crippen LogP contribution in [0.15, 0.2) is 47.4 Å². The highest BCUT2D eigenvalue weighted by Gasteiger charge is 2.30. The predicted molar refractivity (Wildman–Crippen MR) is 119 cm³/mol. The Morgan fingerprint density at radius 1 is 1.03 bits per heavy atom. The highest BCUT2D eigenvalue weighted by Crippen LogP contribution is 2.21. The van der Waals surface area contributed by atoms with Crippen LogP contribution in [0.4, 0.5) is 8.78 Å². The molecule has 1 N–H and O–H groups in total. The zero-order valence-electron chi connectivity index (χ0n) is 17.9. The SMILES string of the molecule is CC(NC(=O)CCC(=O)N1CCN(S(=O)(=O)c2ccc(Cl)cc2)CC1)c1ccc(F)cc1F. The van der Waals surface area contributed by atoms with Crippen molar-refractivity contribution in [2.45, 2.75) is 30.7 Å². The molecule has 1 aliphatic rings. The van der Waals surface area contributed by atoms with E-state index in [4.69, 9.17) is 11.6 Å². The summed E-state index contributed by atoms with van der Waals surface area (Å²) in [5.74, 6) is -2.18. The maximum Gasteiger partial charge on any atom is 0.243 e. The Hall–Kier alpha value is -2.56. The fourth-order valence-corrected chi connectivity index (χ4v) is 5.10. The van der Waals surface area contributed by atoms with Crippen molar-refractivity contribution >= 4 is 33.4 Å². The first-order valence-electron chi connectivity index (χ1n) is 10.4. The van der Waals surface area contributed by atoms with Crippen LogP contribution in [0, 0.1) is 11.6 Å². The van der Waals surface area contributed by atoms with Crippen molar-refractivity contribution in [3.05, 3.63) is 64.7 Å². The van der Waals surface area contributed by atoms with E-state index >= 15 is 0 Å². The van der Waals surface area contributed by atoms with Crippen molar-refractivity contribution in [3.8, 4) is 0 Å². The maximum atomic E-state index is 13.8. The fourth-order valence-electron chi connectivity index (χ4n) is 3.56. The van der Waals surface area contributed by atoms with Crippen LogP contribution in [0.2, 0.25) is 5.02 Å². The molecule has 1 aliphatic heterocycles. The molecule has 0 radical (unpaired) electrons. The number of nitrogens with zero attached hydrogens (tertiary/aromatic N) is 2. The number of benzene rings is 2. The molecule has 1 heterocycles. The number of rotatable bonds is 7. The molecule has 0 spiro atoms. The molecule has 1 atom stereocenters. The average Bonchev–Trinajstić information content (AvgIpc) is 2.77. The molecule has 3 rings (SSSR count). The van der Waals surface area contributed by atoms with Crippen LogP contribution in [0.25, 0.3) is 0 Å². The molecular formula is C22H24ClF2N3O4S. The third-order valence-electron chi connectivity index (χ3n) is 5.42. The van der Waals surface area contributed by atoms with E-state index < -0.39 is 33.6 Å². The van der Waals surface area contributed by atoms with Gasteiger partial charge in [-0.05, 0) is 37.3 Å². The van der Waals surface area contributed by atoms with Gasteiger partial charge in [-0.3, -0.25) is 9.59 Å². The summed E-state index contributed by atoms with van der Waals surface area (Å²) in [6.07, 6.45) is -0.163. The van der Waals surface area contributed by atoms with Crippen molar-refractivity contribution in [1.29, 1.82) is 0 Å². The summed E-state index contributed by atoms with van der Waals surface area (Å²) in [5, 5.41) is 3.03. The zero-order valence-corrected chi connectivity index (χ0v) is 19.5. The Balaban J connectivity index is 1.47. The van der Waals surface area contributed by atoms with E-state index in [1.54, 1.807) is 6.92 Å². The van der Waals surface area contributed by atoms with Gasteiger partial charge in [0.2, 0.25) is 21.8 Å². The minimum atomic E-state index is -3.68. The van der Waals surface area contributed by atoms with Gasteiger partial charge >= 0.3 is 0 Å². The Kier molecular flexibility index (Phi) is 8.04. The molecule has 2 aromatic rings. The van der Waals surface area contributed by atoms with Gasteiger partial charge in [-0.25, -0.2) is 17.2 Å². The Morgan fingerprint density at radius 3 is 2.27 bits per heavy atom. The van der Waals surface area contributed by atoms with Crippen LogP contribution in [-0.2, 0) is 19.6 Å². The summed E-state index contributed by atoms with van der Waals surface area (Å²) in [4.78, 5) is 26.3. The van der Waals surface area contributed by atoms with Crippen molar-refractivity contribution in [3.63, 3.8) is 0 Å². The van der Waals surface area contributed by atoms with Crippen LogP contribution < -0.4 is 5.32 Å². The minimum Gasteiger partial charge on any atom is -0.349 e. The number of sulfonamides is 1. The third-order valence-corrected chi connectivity index (χ3v) is 7.58. The largest absolute Gasteiger partial charge is 0.349 e. The normalized spacial score (nSPS) is 15.8. The quantitative estimate of drug-likeness (QED) is 0.634. The van der Waals surface area contributed by atoms with Crippen LogP contribution in [-0.4, -0.2) is 55.6 Å². The van der Waals surface area contributed by atoms with Crippen molar-refractivity contribution in [2.24, 2.45) is 0 Å². The first-order valence-corrected chi connectivity index (χ1v) is 12.2. The molecule has 2 aromatic carbocycles. The predicted octanol–water partition coefficient (Wildman–Crippen LogP) is 3.11. The lowest BCUT2D eigenvalue weighted by molar-refractivity contribution is -0.134. The maximum absolute atomic E-state index is 13.8. The average molecular weight is 500 g/mol. The molecule has 0 aromatic heterocycles. The molecule has 1 saturated heterocycles. The zero-order chi connectivity index (χ0) is 24.2. The van der Waals surface area contributed by atoms with E-state index in [0.717, 1.165) is 12.1 Å². The number of piperazine rings is 1.